The highest BCUT2D eigenvalue weighted by molar-refractivity contribution is 6.43. The molecule has 0 atom stereocenters. The van der Waals surface area contributed by atoms with Crippen molar-refractivity contribution in [3.63, 3.8) is 0 Å². The van der Waals surface area contributed by atoms with Gasteiger partial charge in [0.1, 0.15) is 5.69 Å². The van der Waals surface area contributed by atoms with Crippen molar-refractivity contribution in [1.82, 2.24) is 0 Å². The molecule has 17 heavy (non-hydrogen) atoms. The molecule has 0 N–H and O–H groups in total. The van der Waals surface area contributed by atoms with Gasteiger partial charge in [-0.1, -0.05) is 0 Å². The SMILES string of the molecule is O=C1CCN(c2c(F)c(F)cc(F)c2F)C1=O. The van der Waals surface area contributed by atoms with Gasteiger partial charge in [0.2, 0.25) is 5.78 Å². The zero-order chi connectivity index (χ0) is 12.7. The van der Waals surface area contributed by atoms with E-state index in [1.165, 1.54) is 0 Å². The van der Waals surface area contributed by atoms with Crippen molar-refractivity contribution in [1.29, 1.82) is 0 Å². The molecular weight excluding hydrogens is 242 g/mol. The first-order valence-electron chi connectivity index (χ1n) is 4.61. The monoisotopic (exact) mass is 247 g/mol. The van der Waals surface area contributed by atoms with E-state index in [1.807, 2.05) is 0 Å². The van der Waals surface area contributed by atoms with Crippen LogP contribution in [0.15, 0.2) is 6.07 Å². The summed E-state index contributed by atoms with van der Waals surface area (Å²) in [6.45, 7) is -0.297. The quantitative estimate of drug-likeness (QED) is 0.429. The highest BCUT2D eigenvalue weighted by atomic mass is 19.2. The van der Waals surface area contributed by atoms with E-state index in [0.29, 0.717) is 4.90 Å². The van der Waals surface area contributed by atoms with Crippen LogP contribution in [0.1, 0.15) is 6.42 Å². The number of rotatable bonds is 1. The molecule has 3 nitrogen and oxygen atoms in total. The Labute approximate surface area is 92.6 Å². The highest BCUT2D eigenvalue weighted by Gasteiger charge is 2.35. The van der Waals surface area contributed by atoms with Gasteiger partial charge in [0.15, 0.2) is 23.3 Å². The number of benzene rings is 1. The second-order valence-corrected chi connectivity index (χ2v) is 3.45. The Morgan fingerprint density at radius 2 is 1.53 bits per heavy atom. The zero-order valence-electron chi connectivity index (χ0n) is 8.27. The van der Waals surface area contributed by atoms with Gasteiger partial charge >= 0.3 is 0 Å². The van der Waals surface area contributed by atoms with Crippen LogP contribution < -0.4 is 4.90 Å². The van der Waals surface area contributed by atoms with Gasteiger partial charge in [-0.15, -0.1) is 0 Å². The lowest BCUT2D eigenvalue weighted by atomic mass is 10.2. The molecule has 1 saturated heterocycles. The second kappa shape index (κ2) is 3.83. The van der Waals surface area contributed by atoms with Crippen LogP contribution in [0.5, 0.6) is 0 Å². The standard InChI is InChI=1S/C10H5F4NO2/c11-4-3-5(12)8(14)9(7(4)13)15-2-1-6(16)10(15)17/h3H,1-2H2. The van der Waals surface area contributed by atoms with Crippen LogP contribution in [0.25, 0.3) is 0 Å². The number of carbonyl (C=O) groups excluding carboxylic acids is 2. The van der Waals surface area contributed by atoms with Crippen LogP contribution in [0.2, 0.25) is 0 Å². The molecule has 0 saturated carbocycles. The Kier molecular flexibility index (Phi) is 2.60. The van der Waals surface area contributed by atoms with Crippen molar-refractivity contribution in [3.05, 3.63) is 29.3 Å². The molecule has 90 valence electrons. The number of amides is 1. The van der Waals surface area contributed by atoms with Gasteiger partial charge in [0.05, 0.1) is 0 Å². The largest absolute Gasteiger partial charge is 0.300 e. The minimum atomic E-state index is -1.69. The lowest BCUT2D eigenvalue weighted by molar-refractivity contribution is -0.133. The summed E-state index contributed by atoms with van der Waals surface area (Å²) in [7, 11) is 0. The number of anilines is 1. The second-order valence-electron chi connectivity index (χ2n) is 3.45. The number of hydrogen-bond acceptors (Lipinski definition) is 2. The molecule has 1 aliphatic rings. The van der Waals surface area contributed by atoms with Gasteiger partial charge in [-0.2, -0.15) is 0 Å². The predicted octanol–water partition coefficient (Wildman–Crippen LogP) is 1.55. The molecule has 0 aliphatic carbocycles. The van der Waals surface area contributed by atoms with Crippen LogP contribution in [0, 0.1) is 23.3 Å². The molecule has 1 heterocycles. The highest BCUT2D eigenvalue weighted by Crippen LogP contribution is 2.30. The van der Waals surface area contributed by atoms with Gasteiger partial charge in [-0.3, -0.25) is 14.5 Å². The summed E-state index contributed by atoms with van der Waals surface area (Å²) in [5.74, 6) is -8.64. The molecule has 0 aromatic heterocycles. The molecule has 7 heteroatoms. The molecule has 1 fully saturated rings. The molecule has 1 aromatic carbocycles. The van der Waals surface area contributed by atoms with E-state index in [2.05, 4.69) is 0 Å². The summed E-state index contributed by atoms with van der Waals surface area (Å²) in [6.07, 6.45) is -0.240. The maximum atomic E-state index is 13.3. The van der Waals surface area contributed by atoms with Crippen LogP contribution in [0.3, 0.4) is 0 Å². The Bertz CT molecular complexity index is 503. The third kappa shape index (κ3) is 1.67. The Hall–Kier alpha value is -1.92. The Morgan fingerprint density at radius 3 is 1.94 bits per heavy atom. The van der Waals surface area contributed by atoms with Crippen LogP contribution in [0.4, 0.5) is 23.2 Å². The fourth-order valence-electron chi connectivity index (χ4n) is 1.58. The summed E-state index contributed by atoms with van der Waals surface area (Å²) < 4.78 is 52.4. The topological polar surface area (TPSA) is 37.4 Å². The van der Waals surface area contributed by atoms with Crippen LogP contribution in [-0.2, 0) is 9.59 Å². The molecule has 0 radical (unpaired) electrons. The number of hydrogen-bond donors (Lipinski definition) is 0. The van der Waals surface area contributed by atoms with Gasteiger partial charge < -0.3 is 0 Å². The lowest BCUT2D eigenvalue weighted by Gasteiger charge is -2.16. The van der Waals surface area contributed by atoms with E-state index >= 15 is 0 Å². The van der Waals surface area contributed by atoms with E-state index < -0.39 is 40.6 Å². The first-order valence-corrected chi connectivity index (χ1v) is 4.61. The Balaban J connectivity index is 2.60. The van der Waals surface area contributed by atoms with Crippen molar-refractivity contribution in [2.45, 2.75) is 6.42 Å². The number of carbonyl (C=O) groups is 2. The summed E-state index contributed by atoms with van der Waals surface area (Å²) in [6, 6.07) is 0.0382. The summed E-state index contributed by atoms with van der Waals surface area (Å²) in [5.41, 5.74) is -1.15. The molecule has 1 amide bonds. The van der Waals surface area contributed by atoms with Crippen molar-refractivity contribution in [2.24, 2.45) is 0 Å². The number of Topliss-reactive ketones (excluding diaryl/α,β-unsaturated/α-hetero) is 1. The molecule has 1 aliphatic heterocycles. The average molecular weight is 247 g/mol. The van der Waals surface area contributed by atoms with E-state index in [9.17, 15) is 27.2 Å². The fraction of sp³-hybridized carbons (Fsp3) is 0.200. The predicted molar refractivity (Wildman–Crippen MR) is 48.3 cm³/mol. The van der Waals surface area contributed by atoms with E-state index in [4.69, 9.17) is 0 Å². The normalized spacial score (nSPS) is 15.9. The van der Waals surface area contributed by atoms with Crippen molar-refractivity contribution < 1.29 is 27.2 Å². The molecular formula is C10H5F4NO2. The van der Waals surface area contributed by atoms with E-state index in [1.54, 1.807) is 0 Å². The van der Waals surface area contributed by atoms with Crippen molar-refractivity contribution >= 4 is 17.4 Å². The van der Waals surface area contributed by atoms with Crippen LogP contribution >= 0.6 is 0 Å². The minimum absolute atomic E-state index is 0.0382. The fourth-order valence-corrected chi connectivity index (χ4v) is 1.58. The number of halogens is 4. The first-order chi connectivity index (χ1) is 7.93. The lowest BCUT2D eigenvalue weighted by Crippen LogP contribution is -2.29. The van der Waals surface area contributed by atoms with Crippen molar-refractivity contribution in [3.8, 4) is 0 Å². The van der Waals surface area contributed by atoms with E-state index in [-0.39, 0.29) is 19.0 Å². The van der Waals surface area contributed by atoms with Gasteiger partial charge in [0, 0.05) is 19.0 Å². The maximum absolute atomic E-state index is 13.3. The smallest absolute Gasteiger partial charge is 0.294 e. The summed E-state index contributed by atoms with van der Waals surface area (Å²) in [5, 5.41) is 0. The third-order valence-electron chi connectivity index (χ3n) is 2.40. The van der Waals surface area contributed by atoms with Gasteiger partial charge in [-0.05, 0) is 0 Å². The molecule has 2 rings (SSSR count). The minimum Gasteiger partial charge on any atom is -0.300 e. The first kappa shape index (κ1) is 11.6. The van der Waals surface area contributed by atoms with Gasteiger partial charge in [-0.25, -0.2) is 17.6 Å². The third-order valence-corrected chi connectivity index (χ3v) is 2.40. The maximum Gasteiger partial charge on any atom is 0.294 e. The summed E-state index contributed by atoms with van der Waals surface area (Å²) >= 11 is 0. The summed E-state index contributed by atoms with van der Waals surface area (Å²) in [4.78, 5) is 22.6. The number of nitrogens with zero attached hydrogens (tertiary/aromatic N) is 1. The molecule has 1 aromatic rings. The van der Waals surface area contributed by atoms with Gasteiger partial charge in [0.25, 0.3) is 5.91 Å². The van der Waals surface area contributed by atoms with E-state index in [0.717, 1.165) is 0 Å². The molecule has 0 unspecified atom stereocenters. The van der Waals surface area contributed by atoms with Crippen LogP contribution in [-0.4, -0.2) is 18.2 Å². The number of ketones is 1. The average Bonchev–Trinajstić information content (AvgIpc) is 2.59. The van der Waals surface area contributed by atoms with Crippen molar-refractivity contribution in [2.75, 3.05) is 11.4 Å². The molecule has 0 bridgehead atoms. The molecule has 0 spiro atoms. The Morgan fingerprint density at radius 1 is 1.00 bits per heavy atom. The zero-order valence-corrected chi connectivity index (χ0v) is 8.27.